The minimum atomic E-state index is -5.15. The fourth-order valence-corrected chi connectivity index (χ4v) is 2.38. The quantitative estimate of drug-likeness (QED) is 0.637. The lowest BCUT2D eigenvalue weighted by molar-refractivity contribution is -0.170. The SMILES string of the molecule is Nc1nc2ncc(CN(C(=O)C(F)(F)F)c3ccc(C=O)cc3)nc2c(=O)[nH]1. The number of anilines is 2. The van der Waals surface area contributed by atoms with Crippen LogP contribution in [0.25, 0.3) is 11.2 Å². The van der Waals surface area contributed by atoms with Crippen LogP contribution in [0.4, 0.5) is 24.8 Å². The lowest BCUT2D eigenvalue weighted by Gasteiger charge is -2.23. The maximum absolute atomic E-state index is 13.0. The highest BCUT2D eigenvalue weighted by atomic mass is 19.4. The van der Waals surface area contributed by atoms with Crippen molar-refractivity contribution in [2.75, 3.05) is 10.6 Å². The van der Waals surface area contributed by atoms with E-state index in [1.807, 2.05) is 0 Å². The zero-order valence-corrected chi connectivity index (χ0v) is 13.9. The van der Waals surface area contributed by atoms with Gasteiger partial charge in [0.25, 0.3) is 5.56 Å². The van der Waals surface area contributed by atoms with E-state index in [1.165, 1.54) is 24.3 Å². The van der Waals surface area contributed by atoms with E-state index in [4.69, 9.17) is 5.73 Å². The molecule has 0 saturated carbocycles. The Labute approximate surface area is 154 Å². The lowest BCUT2D eigenvalue weighted by atomic mass is 10.2. The van der Waals surface area contributed by atoms with Crippen molar-refractivity contribution >= 4 is 35.0 Å². The molecule has 3 rings (SSSR count). The van der Waals surface area contributed by atoms with Crippen molar-refractivity contribution in [2.45, 2.75) is 12.7 Å². The second-order valence-corrected chi connectivity index (χ2v) is 5.58. The van der Waals surface area contributed by atoms with Crippen LogP contribution in [-0.2, 0) is 11.3 Å². The number of alkyl halides is 3. The summed E-state index contributed by atoms with van der Waals surface area (Å²) < 4.78 is 39.1. The number of benzene rings is 1. The van der Waals surface area contributed by atoms with Crippen LogP contribution in [-0.4, -0.2) is 38.3 Å². The predicted octanol–water partition coefficient (Wildman–Crippen LogP) is 1.20. The molecule has 2 aromatic heterocycles. The molecule has 0 atom stereocenters. The number of hydrogen-bond acceptors (Lipinski definition) is 7. The highest BCUT2D eigenvalue weighted by molar-refractivity contribution is 5.97. The van der Waals surface area contributed by atoms with E-state index in [0.29, 0.717) is 11.2 Å². The van der Waals surface area contributed by atoms with Crippen molar-refractivity contribution < 1.29 is 22.8 Å². The van der Waals surface area contributed by atoms with Crippen LogP contribution in [0.3, 0.4) is 0 Å². The summed E-state index contributed by atoms with van der Waals surface area (Å²) in [5.74, 6) is -2.33. The number of aldehydes is 1. The van der Waals surface area contributed by atoms with Crippen molar-refractivity contribution in [3.05, 3.63) is 52.1 Å². The average molecular weight is 392 g/mol. The van der Waals surface area contributed by atoms with E-state index in [9.17, 15) is 27.6 Å². The number of nitrogens with zero attached hydrogens (tertiary/aromatic N) is 4. The van der Waals surface area contributed by atoms with Crippen LogP contribution < -0.4 is 16.2 Å². The van der Waals surface area contributed by atoms with Gasteiger partial charge in [-0.2, -0.15) is 18.2 Å². The molecule has 28 heavy (non-hydrogen) atoms. The Hall–Kier alpha value is -3.83. The Balaban J connectivity index is 2.03. The number of aromatic nitrogens is 4. The highest BCUT2D eigenvalue weighted by Crippen LogP contribution is 2.25. The van der Waals surface area contributed by atoms with Gasteiger partial charge in [-0.15, -0.1) is 0 Å². The zero-order valence-electron chi connectivity index (χ0n) is 13.9. The summed E-state index contributed by atoms with van der Waals surface area (Å²) in [6.45, 7) is -0.620. The number of fused-ring (bicyclic) bond motifs is 1. The number of halogens is 3. The van der Waals surface area contributed by atoms with Crippen LogP contribution >= 0.6 is 0 Å². The fraction of sp³-hybridized carbons (Fsp3) is 0.125. The van der Waals surface area contributed by atoms with Gasteiger partial charge in [0.05, 0.1) is 18.4 Å². The molecule has 12 heteroatoms. The molecule has 0 aliphatic heterocycles. The smallest absolute Gasteiger partial charge is 0.369 e. The molecular formula is C16H11F3N6O3. The third-order valence-corrected chi connectivity index (χ3v) is 3.63. The molecule has 0 radical (unpaired) electrons. The molecule has 0 saturated heterocycles. The summed E-state index contributed by atoms with van der Waals surface area (Å²) in [5.41, 5.74) is 4.38. The molecule has 0 aliphatic carbocycles. The summed E-state index contributed by atoms with van der Waals surface area (Å²) in [6.07, 6.45) is -3.55. The van der Waals surface area contributed by atoms with E-state index in [2.05, 4.69) is 19.9 Å². The number of rotatable bonds is 4. The Kier molecular flexibility index (Phi) is 4.78. The summed E-state index contributed by atoms with van der Waals surface area (Å²) in [5, 5.41) is 0. The van der Waals surface area contributed by atoms with E-state index in [1.54, 1.807) is 0 Å². The zero-order chi connectivity index (χ0) is 20.5. The first-order valence-corrected chi connectivity index (χ1v) is 7.64. The molecule has 9 nitrogen and oxygen atoms in total. The van der Waals surface area contributed by atoms with Crippen LogP contribution in [0.5, 0.6) is 0 Å². The van der Waals surface area contributed by atoms with Gasteiger partial charge in [-0.05, 0) is 24.3 Å². The number of nitrogens with one attached hydrogen (secondary N) is 1. The number of nitrogens with two attached hydrogens (primary N) is 1. The number of H-pyrrole nitrogens is 1. The summed E-state index contributed by atoms with van der Waals surface area (Å²) in [4.78, 5) is 48.7. The predicted molar refractivity (Wildman–Crippen MR) is 91.4 cm³/mol. The van der Waals surface area contributed by atoms with Crippen molar-refractivity contribution in [1.29, 1.82) is 0 Å². The van der Waals surface area contributed by atoms with Gasteiger partial charge in [0, 0.05) is 11.3 Å². The molecule has 3 aromatic rings. The maximum atomic E-state index is 13.0. The third-order valence-electron chi connectivity index (χ3n) is 3.63. The second-order valence-electron chi connectivity index (χ2n) is 5.58. The van der Waals surface area contributed by atoms with Gasteiger partial charge in [-0.1, -0.05) is 0 Å². The molecule has 144 valence electrons. The van der Waals surface area contributed by atoms with Gasteiger partial charge >= 0.3 is 12.1 Å². The van der Waals surface area contributed by atoms with Gasteiger partial charge in [0.15, 0.2) is 11.2 Å². The number of nitrogen functional groups attached to an aromatic ring is 1. The van der Waals surface area contributed by atoms with Gasteiger partial charge in [0.2, 0.25) is 5.95 Å². The van der Waals surface area contributed by atoms with E-state index < -0.39 is 24.2 Å². The Morgan fingerprint density at radius 1 is 1.21 bits per heavy atom. The van der Waals surface area contributed by atoms with Crippen LogP contribution in [0.1, 0.15) is 16.1 Å². The molecule has 1 aromatic carbocycles. The summed E-state index contributed by atoms with van der Waals surface area (Å²) >= 11 is 0. The number of amides is 1. The van der Waals surface area contributed by atoms with E-state index in [-0.39, 0.29) is 34.1 Å². The Morgan fingerprint density at radius 2 is 1.89 bits per heavy atom. The number of hydrogen-bond donors (Lipinski definition) is 2. The summed E-state index contributed by atoms with van der Waals surface area (Å²) in [6, 6.07) is 4.92. The fourth-order valence-electron chi connectivity index (χ4n) is 2.38. The number of carbonyl (C=O) groups is 2. The maximum Gasteiger partial charge on any atom is 0.471 e. The number of aromatic amines is 1. The van der Waals surface area contributed by atoms with Gasteiger partial charge < -0.3 is 5.73 Å². The first kappa shape index (κ1) is 18.9. The average Bonchev–Trinajstić information content (AvgIpc) is 2.65. The normalized spacial score (nSPS) is 11.4. The topological polar surface area (TPSA) is 135 Å². The summed E-state index contributed by atoms with van der Waals surface area (Å²) in [7, 11) is 0. The van der Waals surface area contributed by atoms with Crippen molar-refractivity contribution in [3.8, 4) is 0 Å². The minimum Gasteiger partial charge on any atom is -0.369 e. The van der Waals surface area contributed by atoms with Crippen molar-refractivity contribution in [3.63, 3.8) is 0 Å². The monoisotopic (exact) mass is 392 g/mol. The first-order chi connectivity index (χ1) is 13.2. The van der Waals surface area contributed by atoms with Gasteiger partial charge in [0.1, 0.15) is 6.29 Å². The van der Waals surface area contributed by atoms with Crippen molar-refractivity contribution in [1.82, 2.24) is 19.9 Å². The van der Waals surface area contributed by atoms with Crippen LogP contribution in [0, 0.1) is 0 Å². The van der Waals surface area contributed by atoms with Crippen LogP contribution in [0.2, 0.25) is 0 Å². The van der Waals surface area contributed by atoms with Crippen LogP contribution in [0.15, 0.2) is 35.3 Å². The van der Waals surface area contributed by atoms with E-state index in [0.717, 1.165) is 6.20 Å². The molecule has 3 N–H and O–H groups in total. The Bertz CT molecular complexity index is 1110. The molecule has 0 bridgehead atoms. The van der Waals surface area contributed by atoms with E-state index >= 15 is 0 Å². The van der Waals surface area contributed by atoms with Gasteiger partial charge in [-0.25, -0.2) is 9.97 Å². The molecule has 1 amide bonds. The molecule has 0 unspecified atom stereocenters. The highest BCUT2D eigenvalue weighted by Gasteiger charge is 2.43. The molecule has 0 aliphatic rings. The largest absolute Gasteiger partial charge is 0.471 e. The number of carbonyl (C=O) groups excluding carboxylic acids is 2. The molecular weight excluding hydrogens is 381 g/mol. The Morgan fingerprint density at radius 3 is 2.50 bits per heavy atom. The second kappa shape index (κ2) is 7.06. The lowest BCUT2D eigenvalue weighted by Crippen LogP contribution is -2.41. The minimum absolute atomic E-state index is 0.0818. The first-order valence-electron chi connectivity index (χ1n) is 7.64. The molecule has 0 fully saturated rings. The standard InChI is InChI=1S/C16H11F3N6O3/c17-16(18,19)14(28)25(10-3-1-8(7-26)2-4-10)6-9-5-21-12-11(22-9)13(27)24-15(20)23-12/h1-5,7H,6H2,(H3,20,21,23,24,27). The van der Waals surface area contributed by atoms with Crippen molar-refractivity contribution in [2.24, 2.45) is 0 Å². The molecule has 0 spiro atoms. The molecule has 2 heterocycles. The van der Waals surface area contributed by atoms with Gasteiger partial charge in [-0.3, -0.25) is 24.3 Å². The third kappa shape index (κ3) is 3.79.